The second kappa shape index (κ2) is 5.77. The summed E-state index contributed by atoms with van der Waals surface area (Å²) in [5.41, 5.74) is 0.544. The number of rotatable bonds is 3. The molecule has 2 rings (SSSR count). The summed E-state index contributed by atoms with van der Waals surface area (Å²) in [4.78, 5) is 25.3. The van der Waals surface area contributed by atoms with Crippen molar-refractivity contribution in [3.05, 3.63) is 22.4 Å². The standard InChI is InChI=1S/C13H17BrN2O3/c1-2-15-8-9(14)7-11(15)12(17)16-6-4-3-5-10(16)13(18)19/h7-8,10H,2-6H2,1H3,(H,18,19)/t10-/m1/s1. The van der Waals surface area contributed by atoms with E-state index in [0.29, 0.717) is 25.2 Å². The van der Waals surface area contributed by atoms with Crippen molar-refractivity contribution in [2.75, 3.05) is 6.54 Å². The monoisotopic (exact) mass is 328 g/mol. The number of amides is 1. The van der Waals surface area contributed by atoms with E-state index in [2.05, 4.69) is 15.9 Å². The minimum atomic E-state index is -0.915. The fourth-order valence-electron chi connectivity index (χ4n) is 2.49. The summed E-state index contributed by atoms with van der Waals surface area (Å²) in [7, 11) is 0. The first-order valence-corrected chi connectivity index (χ1v) is 7.23. The number of likely N-dealkylation sites (tertiary alicyclic amines) is 1. The quantitative estimate of drug-likeness (QED) is 0.926. The molecular weight excluding hydrogens is 312 g/mol. The van der Waals surface area contributed by atoms with E-state index in [-0.39, 0.29) is 5.91 Å². The summed E-state index contributed by atoms with van der Waals surface area (Å²) in [6.45, 7) is 3.15. The number of carboxylic acids is 1. The third-order valence-electron chi connectivity index (χ3n) is 3.47. The zero-order valence-electron chi connectivity index (χ0n) is 10.8. The molecule has 1 aromatic heterocycles. The van der Waals surface area contributed by atoms with E-state index in [4.69, 9.17) is 0 Å². The maximum Gasteiger partial charge on any atom is 0.326 e. The number of aryl methyl sites for hydroxylation is 1. The van der Waals surface area contributed by atoms with Crippen molar-refractivity contribution in [3.63, 3.8) is 0 Å². The highest BCUT2D eigenvalue weighted by Crippen LogP contribution is 2.22. The number of carboxylic acid groups (broad SMARTS) is 1. The van der Waals surface area contributed by atoms with Crippen molar-refractivity contribution in [1.82, 2.24) is 9.47 Å². The van der Waals surface area contributed by atoms with Gasteiger partial charge in [0.05, 0.1) is 0 Å². The molecule has 1 fully saturated rings. The Kier molecular flexibility index (Phi) is 4.29. The van der Waals surface area contributed by atoms with Crippen molar-refractivity contribution in [2.45, 2.75) is 38.8 Å². The number of aliphatic carboxylic acids is 1. The second-order valence-corrected chi connectivity index (χ2v) is 5.59. The van der Waals surface area contributed by atoms with Crippen LogP contribution in [-0.4, -0.2) is 39.0 Å². The molecule has 1 atom stereocenters. The van der Waals surface area contributed by atoms with E-state index in [9.17, 15) is 14.7 Å². The van der Waals surface area contributed by atoms with Crippen LogP contribution in [0.1, 0.15) is 36.7 Å². The van der Waals surface area contributed by atoms with E-state index < -0.39 is 12.0 Å². The third-order valence-corrected chi connectivity index (χ3v) is 3.91. The molecule has 0 spiro atoms. The highest BCUT2D eigenvalue weighted by Gasteiger charge is 2.33. The van der Waals surface area contributed by atoms with Gasteiger partial charge in [0, 0.05) is 23.8 Å². The minimum absolute atomic E-state index is 0.195. The van der Waals surface area contributed by atoms with Gasteiger partial charge in [0.15, 0.2) is 0 Å². The predicted octanol–water partition coefficient (Wildman–Crippen LogP) is 2.35. The van der Waals surface area contributed by atoms with Gasteiger partial charge in [-0.1, -0.05) is 0 Å². The summed E-state index contributed by atoms with van der Waals surface area (Å²) in [6.07, 6.45) is 4.10. The van der Waals surface area contributed by atoms with Gasteiger partial charge in [-0.2, -0.15) is 0 Å². The molecular formula is C13H17BrN2O3. The molecule has 2 heterocycles. The number of carbonyl (C=O) groups excluding carboxylic acids is 1. The number of nitrogens with zero attached hydrogens (tertiary/aromatic N) is 2. The van der Waals surface area contributed by atoms with E-state index in [1.54, 1.807) is 6.07 Å². The largest absolute Gasteiger partial charge is 0.480 e. The molecule has 1 aromatic rings. The maximum absolute atomic E-state index is 12.5. The van der Waals surface area contributed by atoms with Crippen LogP contribution in [0.4, 0.5) is 0 Å². The van der Waals surface area contributed by atoms with Crippen molar-refractivity contribution in [1.29, 1.82) is 0 Å². The molecule has 1 amide bonds. The summed E-state index contributed by atoms with van der Waals surface area (Å²) in [5.74, 6) is -1.11. The fraction of sp³-hybridized carbons (Fsp3) is 0.538. The molecule has 104 valence electrons. The Balaban J connectivity index is 2.28. The number of halogens is 1. The lowest BCUT2D eigenvalue weighted by Gasteiger charge is -2.33. The van der Waals surface area contributed by atoms with E-state index in [1.807, 2.05) is 17.7 Å². The molecule has 0 radical (unpaired) electrons. The summed E-state index contributed by atoms with van der Waals surface area (Å²) in [6, 6.07) is 1.06. The number of aromatic nitrogens is 1. The Morgan fingerprint density at radius 3 is 2.84 bits per heavy atom. The molecule has 1 saturated heterocycles. The Labute approximate surface area is 120 Å². The van der Waals surface area contributed by atoms with Gasteiger partial charge in [-0.3, -0.25) is 4.79 Å². The Morgan fingerprint density at radius 1 is 1.47 bits per heavy atom. The first-order valence-electron chi connectivity index (χ1n) is 6.44. The molecule has 0 bridgehead atoms. The van der Waals surface area contributed by atoms with Crippen molar-refractivity contribution < 1.29 is 14.7 Å². The van der Waals surface area contributed by atoms with E-state index >= 15 is 0 Å². The highest BCUT2D eigenvalue weighted by molar-refractivity contribution is 9.10. The van der Waals surface area contributed by atoms with Crippen LogP contribution in [0.25, 0.3) is 0 Å². The van der Waals surface area contributed by atoms with Crippen LogP contribution < -0.4 is 0 Å². The second-order valence-electron chi connectivity index (χ2n) is 4.68. The van der Waals surface area contributed by atoms with Gasteiger partial charge in [0.2, 0.25) is 0 Å². The van der Waals surface area contributed by atoms with Crippen LogP contribution in [0, 0.1) is 0 Å². The fourth-order valence-corrected chi connectivity index (χ4v) is 2.96. The first-order chi connectivity index (χ1) is 9.04. The maximum atomic E-state index is 12.5. The van der Waals surface area contributed by atoms with Crippen molar-refractivity contribution >= 4 is 27.8 Å². The van der Waals surface area contributed by atoms with Gasteiger partial charge in [-0.05, 0) is 48.2 Å². The van der Waals surface area contributed by atoms with Crippen LogP contribution in [0.3, 0.4) is 0 Å². The van der Waals surface area contributed by atoms with Crippen LogP contribution in [0.5, 0.6) is 0 Å². The molecule has 0 aromatic carbocycles. The molecule has 19 heavy (non-hydrogen) atoms. The first kappa shape index (κ1) is 14.1. The molecule has 1 aliphatic rings. The Hall–Kier alpha value is -1.30. The minimum Gasteiger partial charge on any atom is -0.480 e. The molecule has 0 aliphatic carbocycles. The Morgan fingerprint density at radius 2 is 2.21 bits per heavy atom. The number of hydrogen-bond acceptors (Lipinski definition) is 2. The number of piperidine rings is 1. The highest BCUT2D eigenvalue weighted by atomic mass is 79.9. The number of carbonyl (C=O) groups is 2. The molecule has 5 nitrogen and oxygen atoms in total. The summed E-state index contributed by atoms with van der Waals surface area (Å²) < 4.78 is 2.67. The normalized spacial score (nSPS) is 19.5. The summed E-state index contributed by atoms with van der Waals surface area (Å²) >= 11 is 3.35. The van der Waals surface area contributed by atoms with Gasteiger partial charge in [0.1, 0.15) is 11.7 Å². The van der Waals surface area contributed by atoms with Gasteiger partial charge in [-0.15, -0.1) is 0 Å². The predicted molar refractivity (Wildman–Crippen MR) is 74.1 cm³/mol. The lowest BCUT2D eigenvalue weighted by atomic mass is 10.0. The Bertz CT molecular complexity index is 498. The number of hydrogen-bond donors (Lipinski definition) is 1. The smallest absolute Gasteiger partial charge is 0.326 e. The topological polar surface area (TPSA) is 62.5 Å². The lowest BCUT2D eigenvalue weighted by Crippen LogP contribution is -2.48. The lowest BCUT2D eigenvalue weighted by molar-refractivity contribution is -0.143. The zero-order valence-corrected chi connectivity index (χ0v) is 12.4. The van der Waals surface area contributed by atoms with Crippen LogP contribution in [0.2, 0.25) is 0 Å². The van der Waals surface area contributed by atoms with Crippen LogP contribution >= 0.6 is 15.9 Å². The molecule has 0 saturated carbocycles. The van der Waals surface area contributed by atoms with Crippen LogP contribution in [-0.2, 0) is 11.3 Å². The van der Waals surface area contributed by atoms with Gasteiger partial charge in [-0.25, -0.2) is 4.79 Å². The average molecular weight is 329 g/mol. The molecule has 0 unspecified atom stereocenters. The molecule has 6 heteroatoms. The SMILES string of the molecule is CCn1cc(Br)cc1C(=O)N1CCCC[C@@H]1C(=O)O. The summed E-state index contributed by atoms with van der Waals surface area (Å²) in [5, 5.41) is 9.23. The van der Waals surface area contributed by atoms with E-state index in [1.165, 1.54) is 4.90 Å². The van der Waals surface area contributed by atoms with Gasteiger partial charge < -0.3 is 14.6 Å². The molecule has 1 aliphatic heterocycles. The zero-order chi connectivity index (χ0) is 14.0. The molecule has 1 N–H and O–H groups in total. The van der Waals surface area contributed by atoms with E-state index in [0.717, 1.165) is 17.3 Å². The van der Waals surface area contributed by atoms with Crippen molar-refractivity contribution in [2.24, 2.45) is 0 Å². The van der Waals surface area contributed by atoms with Gasteiger partial charge in [0.25, 0.3) is 5.91 Å². The third kappa shape index (κ3) is 2.83. The van der Waals surface area contributed by atoms with Crippen LogP contribution in [0.15, 0.2) is 16.7 Å². The average Bonchev–Trinajstić information content (AvgIpc) is 2.79. The van der Waals surface area contributed by atoms with Crippen molar-refractivity contribution in [3.8, 4) is 0 Å². The van der Waals surface area contributed by atoms with Gasteiger partial charge >= 0.3 is 5.97 Å².